The number of carbonyl (C=O) groups excluding carboxylic acids is 2. The number of ether oxygens (including phenoxy) is 1. The fourth-order valence-corrected chi connectivity index (χ4v) is 6.07. The van der Waals surface area contributed by atoms with Crippen molar-refractivity contribution in [1.29, 1.82) is 0 Å². The van der Waals surface area contributed by atoms with E-state index < -0.39 is 0 Å². The molecule has 0 aromatic heterocycles. The standard InChI is InChI=1S/C29H34N2O3S2/c1-34-25-13-11-23(12-14-25)21-26-28(33)31(29(35)36-26)17-7-3-6-10-27(32)30-18-15-24(16-19-30)20-22-8-4-2-5-9-22/h2,4-5,8-9,11-14,21,24H,3,6-7,10,15-20H2,1H3. The molecule has 0 spiro atoms. The van der Waals surface area contributed by atoms with Gasteiger partial charge in [0.15, 0.2) is 0 Å². The molecule has 0 N–H and O–H groups in total. The third kappa shape index (κ3) is 7.20. The predicted molar refractivity (Wildman–Crippen MR) is 151 cm³/mol. The van der Waals surface area contributed by atoms with E-state index in [0.717, 1.165) is 62.9 Å². The van der Waals surface area contributed by atoms with Crippen molar-refractivity contribution in [2.75, 3.05) is 26.7 Å². The van der Waals surface area contributed by atoms with E-state index in [9.17, 15) is 9.59 Å². The molecule has 4 rings (SSSR count). The summed E-state index contributed by atoms with van der Waals surface area (Å²) in [7, 11) is 1.63. The summed E-state index contributed by atoms with van der Waals surface area (Å²) in [6.07, 6.45) is 8.33. The van der Waals surface area contributed by atoms with Crippen molar-refractivity contribution in [3.05, 3.63) is 70.6 Å². The lowest BCUT2D eigenvalue weighted by atomic mass is 9.90. The number of benzene rings is 2. The molecular weight excluding hydrogens is 488 g/mol. The van der Waals surface area contributed by atoms with Gasteiger partial charge in [-0.2, -0.15) is 0 Å². The number of thioether (sulfide) groups is 1. The van der Waals surface area contributed by atoms with Crippen LogP contribution in [-0.2, 0) is 16.0 Å². The summed E-state index contributed by atoms with van der Waals surface area (Å²) in [5.41, 5.74) is 2.33. The number of nitrogens with zero attached hydrogens (tertiary/aromatic N) is 2. The van der Waals surface area contributed by atoms with E-state index in [-0.39, 0.29) is 11.8 Å². The molecule has 2 aliphatic rings. The number of carbonyl (C=O) groups is 2. The maximum atomic E-state index is 12.8. The zero-order valence-corrected chi connectivity index (χ0v) is 22.5. The van der Waals surface area contributed by atoms with Gasteiger partial charge in [-0.25, -0.2) is 0 Å². The van der Waals surface area contributed by atoms with Gasteiger partial charge in [0.2, 0.25) is 5.91 Å². The Morgan fingerprint density at radius 2 is 1.78 bits per heavy atom. The van der Waals surface area contributed by atoms with Crippen LogP contribution >= 0.6 is 24.0 Å². The third-order valence-corrected chi connectivity index (χ3v) is 8.27. The number of thiocarbonyl (C=S) groups is 1. The van der Waals surface area contributed by atoms with Crippen LogP contribution in [0.15, 0.2) is 59.5 Å². The molecule has 2 aliphatic heterocycles. The van der Waals surface area contributed by atoms with E-state index in [1.807, 2.05) is 35.2 Å². The highest BCUT2D eigenvalue weighted by Crippen LogP contribution is 2.33. The molecule has 2 heterocycles. The van der Waals surface area contributed by atoms with Crippen LogP contribution in [0.4, 0.5) is 0 Å². The molecule has 5 nitrogen and oxygen atoms in total. The lowest BCUT2D eigenvalue weighted by Crippen LogP contribution is -2.38. The summed E-state index contributed by atoms with van der Waals surface area (Å²) in [4.78, 5) is 29.9. The number of hydrogen-bond donors (Lipinski definition) is 0. The minimum Gasteiger partial charge on any atom is -0.497 e. The van der Waals surface area contributed by atoms with Crippen molar-refractivity contribution in [3.63, 3.8) is 0 Å². The minimum absolute atomic E-state index is 0.0322. The maximum absolute atomic E-state index is 12.8. The molecular formula is C29H34N2O3S2. The van der Waals surface area contributed by atoms with E-state index in [1.54, 1.807) is 12.0 Å². The fourth-order valence-electron chi connectivity index (χ4n) is 4.76. The highest BCUT2D eigenvalue weighted by atomic mass is 32.2. The summed E-state index contributed by atoms with van der Waals surface area (Å²) in [6.45, 7) is 2.34. The Labute approximate surface area is 223 Å². The summed E-state index contributed by atoms with van der Waals surface area (Å²) >= 11 is 6.80. The zero-order chi connectivity index (χ0) is 25.3. The van der Waals surface area contributed by atoms with Crippen molar-refractivity contribution >= 4 is 46.2 Å². The normalized spacial score (nSPS) is 17.8. The lowest BCUT2D eigenvalue weighted by molar-refractivity contribution is -0.132. The van der Waals surface area contributed by atoms with Crippen LogP contribution in [0.1, 0.15) is 49.7 Å². The highest BCUT2D eigenvalue weighted by molar-refractivity contribution is 8.26. The molecule has 0 aliphatic carbocycles. The molecule has 2 aromatic carbocycles. The molecule has 0 unspecified atom stereocenters. The van der Waals surface area contributed by atoms with Gasteiger partial charge >= 0.3 is 0 Å². The molecule has 2 amide bonds. The van der Waals surface area contributed by atoms with E-state index in [2.05, 4.69) is 30.3 Å². The van der Waals surface area contributed by atoms with Crippen LogP contribution in [0.5, 0.6) is 5.75 Å². The second-order valence-electron chi connectivity index (χ2n) is 9.43. The number of amides is 2. The fraction of sp³-hybridized carbons (Fsp3) is 0.414. The predicted octanol–water partition coefficient (Wildman–Crippen LogP) is 5.94. The molecule has 0 bridgehead atoms. The van der Waals surface area contributed by atoms with E-state index in [4.69, 9.17) is 17.0 Å². The van der Waals surface area contributed by atoms with Gasteiger partial charge < -0.3 is 9.64 Å². The summed E-state index contributed by atoms with van der Waals surface area (Å²) in [5, 5.41) is 0. The van der Waals surface area contributed by atoms with Gasteiger partial charge in [-0.3, -0.25) is 14.5 Å². The monoisotopic (exact) mass is 522 g/mol. The quantitative estimate of drug-likeness (QED) is 0.220. The second kappa shape index (κ2) is 13.1. The van der Waals surface area contributed by atoms with Crippen molar-refractivity contribution in [3.8, 4) is 5.75 Å². The van der Waals surface area contributed by atoms with E-state index in [0.29, 0.717) is 28.1 Å². The number of methoxy groups -OCH3 is 1. The van der Waals surface area contributed by atoms with E-state index in [1.165, 1.54) is 17.3 Å². The Morgan fingerprint density at radius 1 is 1.06 bits per heavy atom. The lowest BCUT2D eigenvalue weighted by Gasteiger charge is -2.32. The smallest absolute Gasteiger partial charge is 0.266 e. The first-order chi connectivity index (χ1) is 17.5. The Bertz CT molecular complexity index is 1080. The number of hydrogen-bond acceptors (Lipinski definition) is 5. The molecule has 0 radical (unpaired) electrons. The first-order valence-electron chi connectivity index (χ1n) is 12.7. The van der Waals surface area contributed by atoms with Crippen LogP contribution in [-0.4, -0.2) is 52.7 Å². The molecule has 2 aromatic rings. The van der Waals surface area contributed by atoms with Crippen LogP contribution < -0.4 is 4.74 Å². The average molecular weight is 523 g/mol. The van der Waals surface area contributed by atoms with Crippen LogP contribution in [0.3, 0.4) is 0 Å². The summed E-state index contributed by atoms with van der Waals surface area (Å²) in [5.74, 6) is 1.68. The Morgan fingerprint density at radius 3 is 2.47 bits per heavy atom. The van der Waals surface area contributed by atoms with Gasteiger partial charge in [-0.1, -0.05) is 72.9 Å². The number of piperidine rings is 1. The Kier molecular flexibility index (Phi) is 9.59. The van der Waals surface area contributed by atoms with Crippen molar-refractivity contribution in [2.24, 2.45) is 5.92 Å². The number of rotatable bonds is 10. The van der Waals surface area contributed by atoms with Crippen LogP contribution in [0.2, 0.25) is 0 Å². The highest BCUT2D eigenvalue weighted by Gasteiger charge is 2.31. The molecule has 0 atom stereocenters. The Balaban J connectivity index is 1.14. The van der Waals surface area contributed by atoms with Gasteiger partial charge in [0, 0.05) is 26.1 Å². The van der Waals surface area contributed by atoms with Crippen molar-refractivity contribution < 1.29 is 14.3 Å². The molecule has 2 saturated heterocycles. The van der Waals surface area contributed by atoms with Crippen LogP contribution in [0, 0.1) is 5.92 Å². The van der Waals surface area contributed by atoms with Crippen LogP contribution in [0.25, 0.3) is 6.08 Å². The molecule has 7 heteroatoms. The first kappa shape index (κ1) is 26.4. The molecule has 190 valence electrons. The largest absolute Gasteiger partial charge is 0.497 e. The SMILES string of the molecule is COc1ccc(C=C2SC(=S)N(CCCCCC(=O)N3CCC(Cc4ccccc4)CC3)C2=O)cc1. The number of unbranched alkanes of at least 4 members (excludes halogenated alkanes) is 2. The molecule has 0 saturated carbocycles. The Hall–Kier alpha value is -2.64. The van der Waals surface area contributed by atoms with E-state index >= 15 is 0 Å². The molecule has 36 heavy (non-hydrogen) atoms. The minimum atomic E-state index is -0.0322. The topological polar surface area (TPSA) is 49.9 Å². The van der Waals surface area contributed by atoms with Gasteiger partial charge in [-0.15, -0.1) is 0 Å². The van der Waals surface area contributed by atoms with Gasteiger partial charge in [-0.05, 0) is 67.4 Å². The molecule has 2 fully saturated rings. The first-order valence-corrected chi connectivity index (χ1v) is 14.0. The zero-order valence-electron chi connectivity index (χ0n) is 20.9. The maximum Gasteiger partial charge on any atom is 0.266 e. The van der Waals surface area contributed by atoms with Crippen molar-refractivity contribution in [1.82, 2.24) is 9.80 Å². The van der Waals surface area contributed by atoms with Gasteiger partial charge in [0.05, 0.1) is 12.0 Å². The van der Waals surface area contributed by atoms with Crippen molar-refractivity contribution in [2.45, 2.75) is 44.9 Å². The van der Waals surface area contributed by atoms with Gasteiger partial charge in [0.1, 0.15) is 10.1 Å². The summed E-state index contributed by atoms with van der Waals surface area (Å²) < 4.78 is 5.79. The third-order valence-electron chi connectivity index (χ3n) is 6.89. The summed E-state index contributed by atoms with van der Waals surface area (Å²) in [6, 6.07) is 18.2. The second-order valence-corrected chi connectivity index (χ2v) is 11.1. The average Bonchev–Trinajstić information content (AvgIpc) is 3.17. The van der Waals surface area contributed by atoms with Gasteiger partial charge in [0.25, 0.3) is 5.91 Å². The number of likely N-dealkylation sites (tertiary alicyclic amines) is 1.